The molecule has 3 N–H and O–H groups in total. The highest BCUT2D eigenvalue weighted by Gasteiger charge is 2.36. The predicted molar refractivity (Wildman–Crippen MR) is 100 cm³/mol. The summed E-state index contributed by atoms with van der Waals surface area (Å²) in [5.41, 5.74) is 7.94. The number of benzene rings is 1. The Kier molecular flexibility index (Phi) is 4.68. The van der Waals surface area contributed by atoms with Gasteiger partial charge in [0.25, 0.3) is 5.91 Å². The fraction of sp³-hybridized carbons (Fsp3) is 0.350. The van der Waals surface area contributed by atoms with E-state index in [1.807, 2.05) is 45.0 Å². The van der Waals surface area contributed by atoms with Crippen LogP contribution in [0.4, 0.5) is 5.82 Å². The van der Waals surface area contributed by atoms with Gasteiger partial charge in [-0.25, -0.2) is 4.98 Å². The van der Waals surface area contributed by atoms with Crippen LogP contribution in [0.3, 0.4) is 0 Å². The van der Waals surface area contributed by atoms with Crippen LogP contribution in [0.1, 0.15) is 42.3 Å². The van der Waals surface area contributed by atoms with Crippen LogP contribution in [0.2, 0.25) is 0 Å². The van der Waals surface area contributed by atoms with Crippen molar-refractivity contribution in [2.75, 3.05) is 5.73 Å². The van der Waals surface area contributed by atoms with Crippen molar-refractivity contribution in [3.05, 3.63) is 59.3 Å². The van der Waals surface area contributed by atoms with Crippen LogP contribution >= 0.6 is 0 Å². The first kappa shape index (κ1) is 17.9. The van der Waals surface area contributed by atoms with E-state index in [1.165, 1.54) is 6.20 Å². The zero-order valence-corrected chi connectivity index (χ0v) is 15.3. The third kappa shape index (κ3) is 3.85. The van der Waals surface area contributed by atoms with Crippen LogP contribution in [0, 0.1) is 0 Å². The number of nitrogens with two attached hydrogens (primary N) is 1. The molecule has 1 aliphatic heterocycles. The molecule has 0 radical (unpaired) electrons. The first-order chi connectivity index (χ1) is 12.2. The maximum Gasteiger partial charge on any atom is 0.255 e. The van der Waals surface area contributed by atoms with Crippen LogP contribution in [0.5, 0.6) is 0 Å². The normalized spacial score (nSPS) is 16.7. The zero-order valence-electron chi connectivity index (χ0n) is 15.3. The average molecular weight is 352 g/mol. The second-order valence-corrected chi connectivity index (χ2v) is 7.63. The Labute approximate surface area is 153 Å². The monoisotopic (exact) mass is 352 g/mol. The molecule has 1 atom stereocenters. The Morgan fingerprint density at radius 2 is 1.88 bits per heavy atom. The van der Waals surface area contributed by atoms with E-state index < -0.39 is 6.04 Å². The molecule has 2 heterocycles. The van der Waals surface area contributed by atoms with Crippen molar-refractivity contribution >= 4 is 17.6 Å². The largest absolute Gasteiger partial charge is 0.384 e. The van der Waals surface area contributed by atoms with Gasteiger partial charge >= 0.3 is 0 Å². The van der Waals surface area contributed by atoms with Gasteiger partial charge in [0.2, 0.25) is 5.91 Å². The summed E-state index contributed by atoms with van der Waals surface area (Å²) in [6.45, 7) is 6.17. The van der Waals surface area contributed by atoms with Crippen molar-refractivity contribution in [2.24, 2.45) is 0 Å². The number of nitrogen functional groups attached to an aromatic ring is 1. The Bertz CT molecular complexity index is 842. The second kappa shape index (κ2) is 6.78. The number of hydrogen-bond acceptors (Lipinski definition) is 4. The summed E-state index contributed by atoms with van der Waals surface area (Å²) < 4.78 is 0. The lowest BCUT2D eigenvalue weighted by Crippen LogP contribution is -2.56. The van der Waals surface area contributed by atoms with Gasteiger partial charge in [0.05, 0.1) is 0 Å². The van der Waals surface area contributed by atoms with E-state index in [2.05, 4.69) is 10.3 Å². The Hall–Kier alpha value is -2.89. The van der Waals surface area contributed by atoms with Crippen LogP contribution < -0.4 is 11.1 Å². The number of aromatic nitrogens is 1. The number of fused-ring (bicyclic) bond motifs is 1. The first-order valence-corrected chi connectivity index (χ1v) is 8.66. The fourth-order valence-corrected chi connectivity index (χ4v) is 3.17. The summed E-state index contributed by atoms with van der Waals surface area (Å²) >= 11 is 0. The molecule has 2 amide bonds. The fourth-order valence-electron chi connectivity index (χ4n) is 3.17. The lowest BCUT2D eigenvalue weighted by atomic mass is 9.92. The molecular weight excluding hydrogens is 328 g/mol. The quantitative estimate of drug-likeness (QED) is 0.867. The number of nitrogens with zero attached hydrogens (tertiary/aromatic N) is 2. The van der Waals surface area contributed by atoms with Gasteiger partial charge in [0.1, 0.15) is 11.9 Å². The molecule has 0 aliphatic carbocycles. The van der Waals surface area contributed by atoms with Gasteiger partial charge in [-0.05, 0) is 44.0 Å². The number of anilines is 1. The molecule has 1 aliphatic rings. The van der Waals surface area contributed by atoms with Crippen molar-refractivity contribution in [3.63, 3.8) is 0 Å². The Morgan fingerprint density at radius 1 is 1.19 bits per heavy atom. The van der Waals surface area contributed by atoms with Crippen LogP contribution in [0.25, 0.3) is 0 Å². The molecule has 136 valence electrons. The summed E-state index contributed by atoms with van der Waals surface area (Å²) in [5, 5.41) is 3.00. The van der Waals surface area contributed by atoms with Gasteiger partial charge in [-0.2, -0.15) is 0 Å². The number of amides is 2. The van der Waals surface area contributed by atoms with Crippen LogP contribution in [0.15, 0.2) is 42.6 Å². The topological polar surface area (TPSA) is 88.3 Å². The third-order valence-corrected chi connectivity index (χ3v) is 4.34. The van der Waals surface area contributed by atoms with Gasteiger partial charge in [-0.15, -0.1) is 0 Å². The average Bonchev–Trinajstić information content (AvgIpc) is 2.58. The number of carbonyl (C=O) groups is 2. The standard InChI is InChI=1S/C20H24N4O2/c1-20(2,3)23-18(25)16-10-13-6-4-5-7-15(13)12-24(16)19(26)14-8-9-22-17(21)11-14/h4-9,11,16H,10,12H2,1-3H3,(H2,21,22)(H,23,25)/t16-/m0/s1. The predicted octanol–water partition coefficient (Wildman–Crippen LogP) is 2.15. The number of carbonyl (C=O) groups excluding carboxylic acids is 2. The number of nitrogens with one attached hydrogen (secondary N) is 1. The second-order valence-electron chi connectivity index (χ2n) is 7.63. The molecule has 0 fully saturated rings. The van der Waals surface area contributed by atoms with E-state index in [-0.39, 0.29) is 23.2 Å². The molecule has 0 saturated heterocycles. The minimum absolute atomic E-state index is 0.151. The maximum absolute atomic E-state index is 13.1. The van der Waals surface area contributed by atoms with E-state index in [1.54, 1.807) is 17.0 Å². The van der Waals surface area contributed by atoms with E-state index >= 15 is 0 Å². The highest BCUT2D eigenvalue weighted by molar-refractivity contribution is 5.98. The first-order valence-electron chi connectivity index (χ1n) is 8.66. The van der Waals surface area contributed by atoms with Gasteiger partial charge in [-0.1, -0.05) is 24.3 Å². The van der Waals surface area contributed by atoms with Crippen LogP contribution in [-0.4, -0.2) is 33.3 Å². The van der Waals surface area contributed by atoms with Crippen molar-refractivity contribution in [1.82, 2.24) is 15.2 Å². The molecule has 0 spiro atoms. The molecule has 3 rings (SSSR count). The molecule has 0 bridgehead atoms. The van der Waals surface area contributed by atoms with Gasteiger partial charge in [0, 0.05) is 30.3 Å². The molecule has 0 unspecified atom stereocenters. The van der Waals surface area contributed by atoms with E-state index in [0.717, 1.165) is 11.1 Å². The maximum atomic E-state index is 13.1. The SMILES string of the molecule is CC(C)(C)NC(=O)[C@@H]1Cc2ccccc2CN1C(=O)c1ccnc(N)c1. The zero-order chi connectivity index (χ0) is 18.9. The summed E-state index contributed by atoms with van der Waals surface area (Å²) in [7, 11) is 0. The Balaban J connectivity index is 1.96. The Morgan fingerprint density at radius 3 is 2.54 bits per heavy atom. The van der Waals surface area contributed by atoms with Gasteiger partial charge in [-0.3, -0.25) is 9.59 Å². The number of rotatable bonds is 2. The molecule has 6 heteroatoms. The molecule has 1 aromatic heterocycles. The summed E-state index contributed by atoms with van der Waals surface area (Å²) in [6, 6.07) is 10.5. The summed E-state index contributed by atoms with van der Waals surface area (Å²) in [4.78, 5) is 31.6. The van der Waals surface area contributed by atoms with Crippen molar-refractivity contribution < 1.29 is 9.59 Å². The minimum atomic E-state index is -0.564. The minimum Gasteiger partial charge on any atom is -0.384 e. The van der Waals surface area contributed by atoms with Crippen LogP contribution in [-0.2, 0) is 17.8 Å². The highest BCUT2D eigenvalue weighted by atomic mass is 16.2. The van der Waals surface area contributed by atoms with Crippen molar-refractivity contribution in [1.29, 1.82) is 0 Å². The lowest BCUT2D eigenvalue weighted by Gasteiger charge is -2.37. The number of hydrogen-bond donors (Lipinski definition) is 2. The van der Waals surface area contributed by atoms with Gasteiger partial charge in [0.15, 0.2) is 0 Å². The molecule has 2 aromatic rings. The van der Waals surface area contributed by atoms with Gasteiger partial charge < -0.3 is 16.0 Å². The molecule has 26 heavy (non-hydrogen) atoms. The van der Waals surface area contributed by atoms with E-state index in [4.69, 9.17) is 5.73 Å². The highest BCUT2D eigenvalue weighted by Crippen LogP contribution is 2.26. The molecule has 6 nitrogen and oxygen atoms in total. The molecule has 1 aromatic carbocycles. The summed E-state index contributed by atoms with van der Waals surface area (Å²) in [6.07, 6.45) is 2.00. The van der Waals surface area contributed by atoms with E-state index in [9.17, 15) is 9.59 Å². The van der Waals surface area contributed by atoms with Crippen molar-refractivity contribution in [2.45, 2.75) is 45.3 Å². The molecule has 0 saturated carbocycles. The van der Waals surface area contributed by atoms with Crippen molar-refractivity contribution in [3.8, 4) is 0 Å². The lowest BCUT2D eigenvalue weighted by molar-refractivity contribution is -0.127. The van der Waals surface area contributed by atoms with E-state index in [0.29, 0.717) is 18.5 Å². The number of pyridine rings is 1. The third-order valence-electron chi connectivity index (χ3n) is 4.34. The smallest absolute Gasteiger partial charge is 0.255 e. The summed E-state index contributed by atoms with van der Waals surface area (Å²) in [5.74, 6) is -0.0889. The molecular formula is C20H24N4O2.